The average Bonchev–Trinajstić information content (AvgIpc) is 2.79. The summed E-state index contributed by atoms with van der Waals surface area (Å²) in [5, 5.41) is 3.03. The molecule has 0 aromatic heterocycles. The first-order valence-electron chi connectivity index (χ1n) is 6.99. The Bertz CT molecular complexity index is 267. The van der Waals surface area contributed by atoms with Crippen LogP contribution in [0.5, 0.6) is 0 Å². The molecule has 1 unspecified atom stereocenters. The summed E-state index contributed by atoms with van der Waals surface area (Å²) in [7, 11) is 2.14. The van der Waals surface area contributed by atoms with Gasteiger partial charge in [-0.05, 0) is 33.0 Å². The van der Waals surface area contributed by atoms with E-state index in [1.54, 1.807) is 0 Å². The van der Waals surface area contributed by atoms with E-state index in [0.717, 1.165) is 58.8 Å². The first-order valence-corrected chi connectivity index (χ1v) is 6.99. The smallest absolute Gasteiger partial charge is 0.234 e. The average molecular weight is 255 g/mol. The Morgan fingerprint density at radius 2 is 2.22 bits per heavy atom. The van der Waals surface area contributed by atoms with Crippen LogP contribution in [0.1, 0.15) is 12.8 Å². The van der Waals surface area contributed by atoms with Gasteiger partial charge in [0, 0.05) is 32.2 Å². The normalized spacial score (nSPS) is 27.1. The number of nitrogens with zero attached hydrogens (tertiary/aromatic N) is 2. The lowest BCUT2D eigenvalue weighted by Crippen LogP contribution is -2.40. The van der Waals surface area contributed by atoms with Gasteiger partial charge >= 0.3 is 0 Å². The highest BCUT2D eigenvalue weighted by Crippen LogP contribution is 2.10. The second-order valence-corrected chi connectivity index (χ2v) is 5.47. The molecule has 0 aliphatic carbocycles. The number of carbonyl (C=O) groups is 1. The molecule has 0 aromatic rings. The Kier molecular flexibility index (Phi) is 5.41. The van der Waals surface area contributed by atoms with Crippen LogP contribution in [0.3, 0.4) is 0 Å². The quantitative estimate of drug-likeness (QED) is 0.754. The van der Waals surface area contributed by atoms with Crippen LogP contribution in [-0.2, 0) is 9.53 Å². The van der Waals surface area contributed by atoms with E-state index in [1.165, 1.54) is 0 Å². The van der Waals surface area contributed by atoms with Crippen molar-refractivity contribution in [2.45, 2.75) is 12.8 Å². The van der Waals surface area contributed by atoms with Crippen LogP contribution in [0.4, 0.5) is 0 Å². The van der Waals surface area contributed by atoms with Crippen molar-refractivity contribution < 1.29 is 9.53 Å². The van der Waals surface area contributed by atoms with Gasteiger partial charge < -0.3 is 15.0 Å². The van der Waals surface area contributed by atoms with E-state index < -0.39 is 0 Å². The highest BCUT2D eigenvalue weighted by Gasteiger charge is 2.18. The molecular weight excluding hydrogens is 230 g/mol. The summed E-state index contributed by atoms with van der Waals surface area (Å²) < 4.78 is 5.30. The van der Waals surface area contributed by atoms with Gasteiger partial charge in [0.15, 0.2) is 0 Å². The van der Waals surface area contributed by atoms with Crippen LogP contribution in [0.2, 0.25) is 0 Å². The van der Waals surface area contributed by atoms with Crippen molar-refractivity contribution in [1.82, 2.24) is 15.1 Å². The van der Waals surface area contributed by atoms with Crippen LogP contribution in [0.15, 0.2) is 0 Å². The second-order valence-electron chi connectivity index (χ2n) is 5.47. The molecule has 2 aliphatic heterocycles. The summed E-state index contributed by atoms with van der Waals surface area (Å²) in [6, 6.07) is 0. The molecule has 2 fully saturated rings. The molecule has 104 valence electrons. The Morgan fingerprint density at radius 3 is 3.00 bits per heavy atom. The molecule has 0 aromatic carbocycles. The molecule has 2 rings (SSSR count). The number of rotatable bonds is 4. The van der Waals surface area contributed by atoms with Crippen molar-refractivity contribution >= 4 is 5.91 Å². The van der Waals surface area contributed by atoms with Crippen LogP contribution < -0.4 is 5.32 Å². The molecule has 18 heavy (non-hydrogen) atoms. The molecule has 0 saturated carbocycles. The number of amides is 1. The lowest BCUT2D eigenvalue weighted by Gasteiger charge is -2.20. The summed E-state index contributed by atoms with van der Waals surface area (Å²) in [6.45, 7) is 7.18. The van der Waals surface area contributed by atoms with Crippen molar-refractivity contribution in [3.8, 4) is 0 Å². The van der Waals surface area contributed by atoms with E-state index in [4.69, 9.17) is 4.74 Å². The number of carbonyl (C=O) groups excluding carboxylic acids is 1. The van der Waals surface area contributed by atoms with Crippen LogP contribution >= 0.6 is 0 Å². The van der Waals surface area contributed by atoms with Gasteiger partial charge in [-0.25, -0.2) is 0 Å². The molecule has 0 spiro atoms. The summed E-state index contributed by atoms with van der Waals surface area (Å²) in [6.07, 6.45) is 2.23. The SMILES string of the molecule is CN1CCCN(CC(=O)NCC2CCOC2)CC1. The fraction of sp³-hybridized carbons (Fsp3) is 0.923. The zero-order chi connectivity index (χ0) is 12.8. The maximum atomic E-state index is 11.9. The van der Waals surface area contributed by atoms with Gasteiger partial charge in [0.25, 0.3) is 0 Å². The molecular formula is C13H25N3O2. The predicted octanol–water partition coefficient (Wildman–Crippen LogP) is -0.223. The number of likely N-dealkylation sites (N-methyl/N-ethyl adjacent to an activating group) is 1. The molecule has 1 amide bonds. The number of nitrogens with one attached hydrogen (secondary N) is 1. The third-order valence-electron chi connectivity index (χ3n) is 3.79. The Balaban J connectivity index is 1.63. The van der Waals surface area contributed by atoms with E-state index in [9.17, 15) is 4.79 Å². The molecule has 2 heterocycles. The van der Waals surface area contributed by atoms with Crippen LogP contribution in [-0.4, -0.2) is 75.2 Å². The maximum Gasteiger partial charge on any atom is 0.234 e. The Hall–Kier alpha value is -0.650. The molecule has 0 bridgehead atoms. The van der Waals surface area contributed by atoms with E-state index >= 15 is 0 Å². The number of hydrogen-bond acceptors (Lipinski definition) is 4. The lowest BCUT2D eigenvalue weighted by atomic mass is 10.1. The zero-order valence-electron chi connectivity index (χ0n) is 11.4. The largest absolute Gasteiger partial charge is 0.381 e. The summed E-state index contributed by atoms with van der Waals surface area (Å²) in [4.78, 5) is 16.4. The van der Waals surface area contributed by atoms with Gasteiger partial charge in [0.2, 0.25) is 5.91 Å². The van der Waals surface area contributed by atoms with Crippen molar-refractivity contribution in [3.05, 3.63) is 0 Å². The van der Waals surface area contributed by atoms with E-state index in [0.29, 0.717) is 12.5 Å². The zero-order valence-corrected chi connectivity index (χ0v) is 11.4. The third-order valence-corrected chi connectivity index (χ3v) is 3.79. The summed E-state index contributed by atoms with van der Waals surface area (Å²) >= 11 is 0. The van der Waals surface area contributed by atoms with E-state index in [2.05, 4.69) is 22.2 Å². The fourth-order valence-corrected chi connectivity index (χ4v) is 2.52. The minimum atomic E-state index is 0.159. The summed E-state index contributed by atoms with van der Waals surface area (Å²) in [5.74, 6) is 0.677. The van der Waals surface area contributed by atoms with E-state index in [-0.39, 0.29) is 5.91 Å². The number of hydrogen-bond donors (Lipinski definition) is 1. The molecule has 2 aliphatic rings. The van der Waals surface area contributed by atoms with Crippen LogP contribution in [0.25, 0.3) is 0 Å². The minimum Gasteiger partial charge on any atom is -0.381 e. The topological polar surface area (TPSA) is 44.8 Å². The third kappa shape index (κ3) is 4.55. The van der Waals surface area contributed by atoms with Crippen molar-refractivity contribution in [3.63, 3.8) is 0 Å². The van der Waals surface area contributed by atoms with Gasteiger partial charge in [-0.2, -0.15) is 0 Å². The van der Waals surface area contributed by atoms with Gasteiger partial charge in [0.05, 0.1) is 13.2 Å². The van der Waals surface area contributed by atoms with Crippen molar-refractivity contribution in [2.24, 2.45) is 5.92 Å². The van der Waals surface area contributed by atoms with Gasteiger partial charge in [-0.1, -0.05) is 0 Å². The molecule has 0 radical (unpaired) electrons. The standard InChI is InChI=1S/C13H25N3O2/c1-15-4-2-5-16(7-6-15)10-13(17)14-9-12-3-8-18-11-12/h12H,2-11H2,1H3,(H,14,17). The fourth-order valence-electron chi connectivity index (χ4n) is 2.52. The number of ether oxygens (including phenoxy) is 1. The van der Waals surface area contributed by atoms with Crippen molar-refractivity contribution in [2.75, 3.05) is 59.5 Å². The first kappa shape index (κ1) is 13.8. The monoisotopic (exact) mass is 255 g/mol. The molecule has 5 heteroatoms. The second kappa shape index (κ2) is 7.07. The highest BCUT2D eigenvalue weighted by atomic mass is 16.5. The molecule has 2 saturated heterocycles. The van der Waals surface area contributed by atoms with Crippen LogP contribution in [0, 0.1) is 5.92 Å². The first-order chi connectivity index (χ1) is 8.74. The lowest BCUT2D eigenvalue weighted by molar-refractivity contribution is -0.122. The molecule has 1 N–H and O–H groups in total. The summed E-state index contributed by atoms with van der Waals surface area (Å²) in [5.41, 5.74) is 0. The Labute approximate surface area is 109 Å². The van der Waals surface area contributed by atoms with Crippen molar-refractivity contribution in [1.29, 1.82) is 0 Å². The van der Waals surface area contributed by atoms with E-state index in [1.807, 2.05) is 0 Å². The minimum absolute atomic E-state index is 0.159. The molecule has 5 nitrogen and oxygen atoms in total. The Morgan fingerprint density at radius 1 is 1.33 bits per heavy atom. The predicted molar refractivity (Wildman–Crippen MR) is 70.5 cm³/mol. The highest BCUT2D eigenvalue weighted by molar-refractivity contribution is 5.78. The maximum absolute atomic E-state index is 11.9. The van der Waals surface area contributed by atoms with Gasteiger partial charge in [0.1, 0.15) is 0 Å². The van der Waals surface area contributed by atoms with Gasteiger partial charge in [-0.15, -0.1) is 0 Å². The van der Waals surface area contributed by atoms with Gasteiger partial charge in [-0.3, -0.25) is 9.69 Å². The molecule has 1 atom stereocenters.